The van der Waals surface area contributed by atoms with Crippen molar-refractivity contribution < 1.29 is 9.53 Å². The van der Waals surface area contributed by atoms with E-state index in [0.717, 1.165) is 32.7 Å². The zero-order valence-electron chi connectivity index (χ0n) is 13.9. The molecule has 0 bridgehead atoms. The van der Waals surface area contributed by atoms with E-state index in [1.165, 1.54) is 11.3 Å². The van der Waals surface area contributed by atoms with Gasteiger partial charge in [0.2, 0.25) is 5.13 Å². The van der Waals surface area contributed by atoms with E-state index in [0.29, 0.717) is 28.3 Å². The first-order valence-corrected chi connectivity index (χ1v) is 9.16. The highest BCUT2D eigenvalue weighted by Crippen LogP contribution is 2.16. The molecule has 0 atom stereocenters. The number of hydrogen-bond acceptors (Lipinski definition) is 7. The van der Waals surface area contributed by atoms with Gasteiger partial charge in [0, 0.05) is 32.7 Å². The van der Waals surface area contributed by atoms with Crippen LogP contribution in [0.15, 0.2) is 0 Å². The minimum absolute atomic E-state index is 0.332. The van der Waals surface area contributed by atoms with Crippen molar-refractivity contribution >= 4 is 34.8 Å². The summed E-state index contributed by atoms with van der Waals surface area (Å²) >= 11 is 6.61. The predicted octanol–water partition coefficient (Wildman–Crippen LogP) is 2.47. The predicted molar refractivity (Wildman–Crippen MR) is 94.4 cm³/mol. The smallest absolute Gasteiger partial charge is 0.413 e. The molecule has 1 aliphatic rings. The molecule has 1 amide bonds. The van der Waals surface area contributed by atoms with Crippen LogP contribution < -0.4 is 5.32 Å². The van der Waals surface area contributed by atoms with Crippen LogP contribution in [0, 0.1) is 9.87 Å². The number of amides is 1. The number of nitrogens with one attached hydrogen (secondary N) is 1. The summed E-state index contributed by atoms with van der Waals surface area (Å²) in [6.07, 6.45) is -0.495. The van der Waals surface area contributed by atoms with Gasteiger partial charge in [-0.3, -0.25) is 10.2 Å². The van der Waals surface area contributed by atoms with E-state index in [4.69, 9.17) is 17.0 Å². The molecule has 1 fully saturated rings. The molecule has 130 valence electrons. The number of carbonyl (C=O) groups is 1. The molecule has 7 nitrogen and oxygen atoms in total. The lowest BCUT2D eigenvalue weighted by atomic mass is 10.2. The summed E-state index contributed by atoms with van der Waals surface area (Å²) in [7, 11) is 0. The van der Waals surface area contributed by atoms with Gasteiger partial charge < -0.3 is 9.64 Å². The third kappa shape index (κ3) is 5.83. The lowest BCUT2D eigenvalue weighted by molar-refractivity contribution is 0.0954. The summed E-state index contributed by atoms with van der Waals surface area (Å²) in [6, 6.07) is 0. The Balaban J connectivity index is 1.85. The van der Waals surface area contributed by atoms with Crippen molar-refractivity contribution in [1.82, 2.24) is 19.6 Å². The van der Waals surface area contributed by atoms with Gasteiger partial charge in [0.1, 0.15) is 0 Å². The van der Waals surface area contributed by atoms with Crippen LogP contribution in [-0.2, 0) is 11.4 Å². The summed E-state index contributed by atoms with van der Waals surface area (Å²) in [5.74, 6) is 0.699. The molecule has 1 aromatic heterocycles. The highest BCUT2D eigenvalue weighted by atomic mass is 32.1. The Morgan fingerprint density at radius 1 is 1.35 bits per heavy atom. The Kier molecular flexibility index (Phi) is 6.94. The number of nitrogens with zero attached hydrogens (tertiary/aromatic N) is 4. The third-order valence-electron chi connectivity index (χ3n) is 3.51. The van der Waals surface area contributed by atoms with Crippen molar-refractivity contribution in [2.45, 2.75) is 27.4 Å². The van der Waals surface area contributed by atoms with Crippen LogP contribution in [0.3, 0.4) is 0 Å². The van der Waals surface area contributed by atoms with Gasteiger partial charge in [-0.1, -0.05) is 25.2 Å². The molecular formula is C14H25N5O2S2. The zero-order valence-corrected chi connectivity index (χ0v) is 15.6. The van der Waals surface area contributed by atoms with E-state index in [2.05, 4.69) is 34.1 Å². The maximum absolute atomic E-state index is 11.4. The van der Waals surface area contributed by atoms with Crippen molar-refractivity contribution in [2.75, 3.05) is 44.6 Å². The highest BCUT2D eigenvalue weighted by Gasteiger charge is 2.18. The average molecular weight is 360 g/mol. The number of rotatable bonds is 6. The molecule has 1 aromatic rings. The quantitative estimate of drug-likeness (QED) is 0.788. The van der Waals surface area contributed by atoms with E-state index in [1.54, 1.807) is 11.6 Å². The number of ether oxygens (including phenoxy) is 1. The third-order valence-corrected chi connectivity index (χ3v) is 4.74. The van der Waals surface area contributed by atoms with Crippen LogP contribution in [-0.4, -0.2) is 65.0 Å². The Morgan fingerprint density at radius 3 is 2.61 bits per heavy atom. The monoisotopic (exact) mass is 359 g/mol. The molecule has 1 saturated heterocycles. The Labute approximate surface area is 146 Å². The second-order valence-corrected chi connectivity index (χ2v) is 7.59. The number of carbonyl (C=O) groups excluding carboxylic acids is 1. The SMILES string of the molecule is CCOC(=O)Nc1nn(CN2CCN(CC(C)C)CC2)c(=S)s1. The molecule has 9 heteroatoms. The molecule has 0 spiro atoms. The molecule has 0 unspecified atom stereocenters. The lowest BCUT2D eigenvalue weighted by Gasteiger charge is -2.35. The van der Waals surface area contributed by atoms with Gasteiger partial charge in [-0.05, 0) is 25.1 Å². The fraction of sp³-hybridized carbons (Fsp3) is 0.786. The van der Waals surface area contributed by atoms with Crippen molar-refractivity contribution in [1.29, 1.82) is 0 Å². The molecule has 1 aliphatic heterocycles. The summed E-state index contributed by atoms with van der Waals surface area (Å²) in [5, 5.41) is 7.44. The van der Waals surface area contributed by atoms with Crippen LogP contribution in [0.25, 0.3) is 0 Å². The lowest BCUT2D eigenvalue weighted by Crippen LogP contribution is -2.47. The van der Waals surface area contributed by atoms with Crippen molar-refractivity contribution in [2.24, 2.45) is 5.92 Å². The van der Waals surface area contributed by atoms with E-state index in [1.807, 2.05) is 0 Å². The normalized spacial score (nSPS) is 16.7. The summed E-state index contributed by atoms with van der Waals surface area (Å²) in [6.45, 7) is 12.6. The number of piperazine rings is 1. The first-order chi connectivity index (χ1) is 11.0. The van der Waals surface area contributed by atoms with Gasteiger partial charge in [0.25, 0.3) is 0 Å². The maximum Gasteiger partial charge on any atom is 0.413 e. The molecule has 0 aromatic carbocycles. The molecule has 1 N–H and O–H groups in total. The van der Waals surface area contributed by atoms with Gasteiger partial charge in [-0.25, -0.2) is 9.48 Å². The van der Waals surface area contributed by atoms with Gasteiger partial charge >= 0.3 is 6.09 Å². The standard InChI is InChI=1S/C14H25N5O2S2/c1-4-21-13(20)15-12-16-19(14(22)23-12)10-18-7-5-17(6-8-18)9-11(2)3/h11H,4-10H2,1-3H3,(H,15,16,20). The Hall–Kier alpha value is -1.03. The average Bonchev–Trinajstić information content (AvgIpc) is 2.80. The minimum Gasteiger partial charge on any atom is -0.450 e. The fourth-order valence-corrected chi connectivity index (χ4v) is 3.50. The van der Waals surface area contributed by atoms with Crippen LogP contribution in [0.2, 0.25) is 0 Å². The van der Waals surface area contributed by atoms with Crippen LogP contribution in [0.4, 0.5) is 9.93 Å². The molecule has 2 heterocycles. The van der Waals surface area contributed by atoms with Crippen LogP contribution in [0.5, 0.6) is 0 Å². The second-order valence-electron chi connectivity index (χ2n) is 5.97. The minimum atomic E-state index is -0.495. The summed E-state index contributed by atoms with van der Waals surface area (Å²) < 4.78 is 7.26. The van der Waals surface area contributed by atoms with Gasteiger partial charge in [-0.15, -0.1) is 5.10 Å². The van der Waals surface area contributed by atoms with Gasteiger partial charge in [0.05, 0.1) is 13.3 Å². The highest BCUT2D eigenvalue weighted by molar-refractivity contribution is 7.73. The van der Waals surface area contributed by atoms with Crippen molar-refractivity contribution in [3.05, 3.63) is 3.95 Å². The van der Waals surface area contributed by atoms with E-state index >= 15 is 0 Å². The van der Waals surface area contributed by atoms with Crippen molar-refractivity contribution in [3.63, 3.8) is 0 Å². The maximum atomic E-state index is 11.4. The number of anilines is 1. The first kappa shape index (κ1) is 18.3. The van der Waals surface area contributed by atoms with Gasteiger partial charge in [-0.2, -0.15) is 0 Å². The number of hydrogen-bond donors (Lipinski definition) is 1. The van der Waals surface area contributed by atoms with Crippen LogP contribution >= 0.6 is 23.6 Å². The summed E-state index contributed by atoms with van der Waals surface area (Å²) in [4.78, 5) is 16.3. The van der Waals surface area contributed by atoms with E-state index in [-0.39, 0.29) is 0 Å². The fourth-order valence-electron chi connectivity index (χ4n) is 2.52. The molecule has 0 radical (unpaired) electrons. The largest absolute Gasteiger partial charge is 0.450 e. The van der Waals surface area contributed by atoms with Crippen molar-refractivity contribution in [3.8, 4) is 0 Å². The van der Waals surface area contributed by atoms with Crippen LogP contribution in [0.1, 0.15) is 20.8 Å². The molecule has 23 heavy (non-hydrogen) atoms. The molecule has 0 aliphatic carbocycles. The molecule has 0 saturated carbocycles. The topological polar surface area (TPSA) is 62.6 Å². The van der Waals surface area contributed by atoms with Gasteiger partial charge in [0.15, 0.2) is 3.95 Å². The zero-order chi connectivity index (χ0) is 16.8. The first-order valence-electron chi connectivity index (χ1n) is 7.94. The van der Waals surface area contributed by atoms with E-state index < -0.39 is 6.09 Å². The molecular weight excluding hydrogens is 334 g/mol. The second kappa shape index (κ2) is 8.72. The molecule has 2 rings (SSSR count). The number of aromatic nitrogens is 2. The Bertz CT molecular complexity index is 564. The Morgan fingerprint density at radius 2 is 2.00 bits per heavy atom. The summed E-state index contributed by atoms with van der Waals surface area (Å²) in [5.41, 5.74) is 0. The van der Waals surface area contributed by atoms with E-state index in [9.17, 15) is 4.79 Å².